The number of hydrogen-bond acceptors (Lipinski definition) is 3. The first-order valence-electron chi connectivity index (χ1n) is 8.58. The summed E-state index contributed by atoms with van der Waals surface area (Å²) in [5, 5.41) is 14.2. The summed E-state index contributed by atoms with van der Waals surface area (Å²) in [5.74, 6) is 0.216. The maximum Gasteiger partial charge on any atom is 0.276 e. The Hall–Kier alpha value is -1.88. The number of thiocarbonyl (C=S) groups is 1. The number of aromatic hydroxyl groups is 1. The Morgan fingerprint density at radius 1 is 1.12 bits per heavy atom. The summed E-state index contributed by atoms with van der Waals surface area (Å²) in [6.07, 6.45) is 1.81. The molecule has 1 aromatic rings. The molecule has 136 valence electrons. The molecule has 1 heterocycles. The number of phenolic OH excluding ortho intramolecular Hbond substituents is 1. The molecule has 25 heavy (non-hydrogen) atoms. The summed E-state index contributed by atoms with van der Waals surface area (Å²) in [6.45, 7) is 14.8. The van der Waals surface area contributed by atoms with Crippen LogP contribution in [0, 0.1) is 0 Å². The Bertz CT molecular complexity index is 717. The summed E-state index contributed by atoms with van der Waals surface area (Å²) in [7, 11) is 0. The van der Waals surface area contributed by atoms with Gasteiger partial charge >= 0.3 is 0 Å². The summed E-state index contributed by atoms with van der Waals surface area (Å²) in [6, 6.07) is 3.90. The predicted octanol–water partition coefficient (Wildman–Crippen LogP) is 4.06. The zero-order valence-corrected chi connectivity index (χ0v) is 17.0. The molecule has 0 aliphatic carbocycles. The maximum atomic E-state index is 12.4. The van der Waals surface area contributed by atoms with E-state index >= 15 is 0 Å². The normalized spacial score (nSPS) is 17.4. The van der Waals surface area contributed by atoms with E-state index in [1.165, 1.54) is 4.90 Å². The zero-order chi connectivity index (χ0) is 19.2. The van der Waals surface area contributed by atoms with Crippen molar-refractivity contribution in [2.24, 2.45) is 0 Å². The molecule has 2 rings (SSSR count). The Kier molecular flexibility index (Phi) is 5.01. The molecule has 1 saturated heterocycles. The third kappa shape index (κ3) is 3.87. The lowest BCUT2D eigenvalue weighted by molar-refractivity contribution is -0.122. The molecule has 0 radical (unpaired) electrons. The fraction of sp³-hybridized carbons (Fsp3) is 0.500. The maximum absolute atomic E-state index is 12.4. The van der Waals surface area contributed by atoms with Gasteiger partial charge in [0.1, 0.15) is 11.4 Å². The average Bonchev–Trinajstić information content (AvgIpc) is 2.72. The number of benzene rings is 1. The molecule has 1 aromatic carbocycles. The van der Waals surface area contributed by atoms with Crippen molar-refractivity contribution in [3.63, 3.8) is 0 Å². The fourth-order valence-electron chi connectivity index (χ4n) is 2.91. The Balaban J connectivity index is 2.62. The van der Waals surface area contributed by atoms with Crippen LogP contribution >= 0.6 is 12.2 Å². The molecule has 0 atom stereocenters. The first-order chi connectivity index (χ1) is 11.4. The number of amides is 1. The number of nitrogens with one attached hydrogen (secondary N) is 1. The van der Waals surface area contributed by atoms with Crippen LogP contribution in [-0.4, -0.2) is 27.6 Å². The van der Waals surface area contributed by atoms with Gasteiger partial charge in [-0.25, -0.2) is 0 Å². The summed E-state index contributed by atoms with van der Waals surface area (Å²) in [5.41, 5.74) is 2.66. The van der Waals surface area contributed by atoms with Crippen LogP contribution < -0.4 is 5.32 Å². The van der Waals surface area contributed by atoms with Crippen molar-refractivity contribution in [3.05, 3.63) is 34.5 Å². The highest BCUT2D eigenvalue weighted by Gasteiger charge is 2.30. The van der Waals surface area contributed by atoms with Gasteiger partial charge in [-0.1, -0.05) is 41.5 Å². The van der Waals surface area contributed by atoms with Gasteiger partial charge in [0.25, 0.3) is 5.91 Å². The largest absolute Gasteiger partial charge is 0.507 e. The standard InChI is InChI=1S/C20H28N2O2S/c1-8-22-17(24)15(21-18(22)25)11-12-9-13(19(2,3)4)16(23)14(10-12)20(5,6)7/h9-11,23H,8H2,1-7H3,(H,21,25)/b15-11-. The van der Waals surface area contributed by atoms with Crippen LogP contribution in [0.1, 0.15) is 65.2 Å². The molecule has 2 N–H and O–H groups in total. The van der Waals surface area contributed by atoms with Gasteiger partial charge in [0, 0.05) is 17.7 Å². The summed E-state index contributed by atoms with van der Waals surface area (Å²) in [4.78, 5) is 14.0. The SMILES string of the molecule is CCN1C(=O)/C(=C/c2cc(C(C)(C)C)c(O)c(C(C)(C)C)c2)NC1=S. The molecule has 0 unspecified atom stereocenters. The highest BCUT2D eigenvalue weighted by atomic mass is 32.1. The van der Waals surface area contributed by atoms with Crippen LogP contribution in [0.3, 0.4) is 0 Å². The number of carbonyl (C=O) groups is 1. The van der Waals surface area contributed by atoms with E-state index in [1.54, 1.807) is 0 Å². The number of phenols is 1. The molecular formula is C20H28N2O2S. The molecule has 1 aliphatic heterocycles. The summed E-state index contributed by atoms with van der Waals surface area (Å²) >= 11 is 5.21. The Morgan fingerprint density at radius 2 is 1.60 bits per heavy atom. The second-order valence-electron chi connectivity index (χ2n) is 8.50. The van der Waals surface area contributed by atoms with Crippen LogP contribution in [0.15, 0.2) is 17.8 Å². The van der Waals surface area contributed by atoms with Gasteiger partial charge in [-0.2, -0.15) is 0 Å². The van der Waals surface area contributed by atoms with Gasteiger partial charge < -0.3 is 10.4 Å². The molecule has 0 spiro atoms. The number of rotatable bonds is 2. The lowest BCUT2D eigenvalue weighted by Gasteiger charge is -2.28. The fourth-order valence-corrected chi connectivity index (χ4v) is 3.23. The third-order valence-electron chi connectivity index (χ3n) is 4.34. The number of likely N-dealkylation sites (N-methyl/N-ethyl adjacent to an activating group) is 1. The minimum absolute atomic E-state index is 0.116. The van der Waals surface area contributed by atoms with Gasteiger partial charge in [-0.05, 0) is 53.7 Å². The van der Waals surface area contributed by atoms with E-state index in [9.17, 15) is 9.90 Å². The number of hydrogen-bond donors (Lipinski definition) is 2. The lowest BCUT2D eigenvalue weighted by atomic mass is 9.78. The second kappa shape index (κ2) is 6.45. The average molecular weight is 361 g/mol. The third-order valence-corrected chi connectivity index (χ3v) is 4.66. The predicted molar refractivity (Wildman–Crippen MR) is 107 cm³/mol. The van der Waals surface area contributed by atoms with E-state index < -0.39 is 0 Å². The number of carbonyl (C=O) groups excluding carboxylic acids is 1. The van der Waals surface area contributed by atoms with Crippen molar-refractivity contribution in [2.75, 3.05) is 6.54 Å². The van der Waals surface area contributed by atoms with Crippen molar-refractivity contribution in [1.82, 2.24) is 10.2 Å². The van der Waals surface area contributed by atoms with E-state index in [0.29, 0.717) is 23.1 Å². The molecule has 0 saturated carbocycles. The topological polar surface area (TPSA) is 52.6 Å². The molecule has 0 aromatic heterocycles. The van der Waals surface area contributed by atoms with Crippen molar-refractivity contribution in [1.29, 1.82) is 0 Å². The quantitative estimate of drug-likeness (QED) is 0.617. The van der Waals surface area contributed by atoms with E-state index in [0.717, 1.165) is 16.7 Å². The molecular weight excluding hydrogens is 332 g/mol. The van der Waals surface area contributed by atoms with Crippen LogP contribution in [0.25, 0.3) is 6.08 Å². The van der Waals surface area contributed by atoms with Crippen LogP contribution in [-0.2, 0) is 15.6 Å². The van der Waals surface area contributed by atoms with Gasteiger partial charge in [-0.15, -0.1) is 0 Å². The first-order valence-corrected chi connectivity index (χ1v) is 8.99. The Morgan fingerprint density at radius 3 is 1.96 bits per heavy atom. The second-order valence-corrected chi connectivity index (χ2v) is 8.89. The monoisotopic (exact) mass is 360 g/mol. The molecule has 4 nitrogen and oxygen atoms in total. The van der Waals surface area contributed by atoms with E-state index in [1.807, 2.05) is 25.1 Å². The molecule has 1 amide bonds. The van der Waals surface area contributed by atoms with Crippen LogP contribution in [0.5, 0.6) is 5.75 Å². The first kappa shape index (κ1) is 19.4. The van der Waals surface area contributed by atoms with Crippen molar-refractivity contribution in [2.45, 2.75) is 59.3 Å². The highest BCUT2D eigenvalue weighted by molar-refractivity contribution is 7.80. The van der Waals surface area contributed by atoms with Crippen molar-refractivity contribution < 1.29 is 9.90 Å². The van der Waals surface area contributed by atoms with Crippen molar-refractivity contribution >= 4 is 29.3 Å². The lowest BCUT2D eigenvalue weighted by Crippen LogP contribution is -2.30. The van der Waals surface area contributed by atoms with E-state index in [2.05, 4.69) is 46.9 Å². The molecule has 1 fully saturated rings. The van der Waals surface area contributed by atoms with Gasteiger partial charge in [0.2, 0.25) is 0 Å². The van der Waals surface area contributed by atoms with E-state index in [4.69, 9.17) is 12.2 Å². The smallest absolute Gasteiger partial charge is 0.276 e. The number of nitrogens with zero attached hydrogens (tertiary/aromatic N) is 1. The molecule has 0 bridgehead atoms. The van der Waals surface area contributed by atoms with Gasteiger partial charge in [0.05, 0.1) is 0 Å². The van der Waals surface area contributed by atoms with E-state index in [-0.39, 0.29) is 16.7 Å². The van der Waals surface area contributed by atoms with Crippen molar-refractivity contribution in [3.8, 4) is 5.75 Å². The highest BCUT2D eigenvalue weighted by Crippen LogP contribution is 2.40. The molecule has 5 heteroatoms. The van der Waals surface area contributed by atoms with Crippen LogP contribution in [0.2, 0.25) is 0 Å². The Labute approximate surface area is 155 Å². The minimum Gasteiger partial charge on any atom is -0.507 e. The zero-order valence-electron chi connectivity index (χ0n) is 16.2. The van der Waals surface area contributed by atoms with Gasteiger partial charge in [0.15, 0.2) is 5.11 Å². The van der Waals surface area contributed by atoms with Gasteiger partial charge in [-0.3, -0.25) is 9.69 Å². The molecule has 1 aliphatic rings. The summed E-state index contributed by atoms with van der Waals surface area (Å²) < 4.78 is 0. The van der Waals surface area contributed by atoms with Crippen LogP contribution in [0.4, 0.5) is 0 Å². The minimum atomic E-state index is -0.212.